The fourth-order valence-corrected chi connectivity index (χ4v) is 4.15. The topological polar surface area (TPSA) is 18.5 Å². The lowest BCUT2D eigenvalue weighted by Gasteiger charge is -2.16. The summed E-state index contributed by atoms with van der Waals surface area (Å²) in [5, 5.41) is 0. The van der Waals surface area contributed by atoms with Crippen molar-refractivity contribution >= 4 is 18.5 Å². The lowest BCUT2D eigenvalue weighted by atomic mass is 9.93. The van der Waals surface area contributed by atoms with E-state index in [0.29, 0.717) is 18.8 Å². The first-order valence-corrected chi connectivity index (χ1v) is 11.2. The molecule has 2 unspecified atom stereocenters. The molecule has 29 heavy (non-hydrogen) atoms. The van der Waals surface area contributed by atoms with Crippen molar-refractivity contribution in [3.8, 4) is 22.3 Å². The first-order chi connectivity index (χ1) is 14.1. The number of ether oxygens (including phenoxy) is 2. The van der Waals surface area contributed by atoms with Crippen molar-refractivity contribution in [2.45, 2.75) is 25.5 Å². The van der Waals surface area contributed by atoms with E-state index < -0.39 is 0 Å². The van der Waals surface area contributed by atoms with Crippen molar-refractivity contribution < 1.29 is 13.9 Å². The second kappa shape index (κ2) is 10.4. The largest absolute Gasteiger partial charge is 0.380 e. The van der Waals surface area contributed by atoms with Gasteiger partial charge in [0.1, 0.15) is 5.82 Å². The number of hydrogen-bond donors (Lipinski definition) is 0. The Hall–Kier alpha value is -1.63. The van der Waals surface area contributed by atoms with Crippen LogP contribution in [0.1, 0.15) is 22.3 Å². The molecule has 152 valence electrons. The number of benzene rings is 3. The molecule has 0 saturated heterocycles. The molecule has 0 fully saturated rings. The summed E-state index contributed by atoms with van der Waals surface area (Å²) in [5.41, 5.74) is 7.86. The van der Waals surface area contributed by atoms with E-state index in [1.165, 1.54) is 11.1 Å². The molecule has 5 heteroatoms. The zero-order chi connectivity index (χ0) is 20.8. The molecule has 0 radical (unpaired) electrons. The van der Waals surface area contributed by atoms with Gasteiger partial charge in [0.2, 0.25) is 0 Å². The summed E-state index contributed by atoms with van der Waals surface area (Å²) < 4.78 is 25.8. The predicted octanol–water partition coefficient (Wildman–Crippen LogP) is 6.20. The molecule has 0 amide bonds. The van der Waals surface area contributed by atoms with Gasteiger partial charge in [0.25, 0.3) is 0 Å². The third kappa shape index (κ3) is 5.11. The van der Waals surface area contributed by atoms with Crippen molar-refractivity contribution in [3.05, 3.63) is 82.7 Å². The van der Waals surface area contributed by atoms with Crippen LogP contribution in [0.15, 0.2) is 54.6 Å². The first-order valence-electron chi connectivity index (χ1n) is 9.53. The fourth-order valence-electron chi connectivity index (χ4n) is 3.50. The van der Waals surface area contributed by atoms with Gasteiger partial charge in [0, 0.05) is 19.8 Å². The van der Waals surface area contributed by atoms with E-state index in [2.05, 4.69) is 30.6 Å². The Morgan fingerprint density at radius 3 is 1.93 bits per heavy atom. The molecule has 3 aromatic rings. The summed E-state index contributed by atoms with van der Waals surface area (Å²) in [7, 11) is 8.82. The quantitative estimate of drug-likeness (QED) is 0.398. The van der Waals surface area contributed by atoms with Gasteiger partial charge in [-0.15, -0.1) is 18.5 Å². The molecule has 3 rings (SSSR count). The van der Waals surface area contributed by atoms with Crippen molar-refractivity contribution in [1.29, 1.82) is 0 Å². The van der Waals surface area contributed by atoms with Crippen LogP contribution < -0.4 is 0 Å². The van der Waals surface area contributed by atoms with E-state index in [9.17, 15) is 0 Å². The lowest BCUT2D eigenvalue weighted by Crippen LogP contribution is -2.01. The first kappa shape index (κ1) is 22.1. The number of halogens is 1. The Labute approximate surface area is 177 Å². The van der Waals surface area contributed by atoms with E-state index in [4.69, 9.17) is 9.47 Å². The lowest BCUT2D eigenvalue weighted by molar-refractivity contribution is 0.182. The molecule has 0 N–H and O–H groups in total. The Bertz CT molecular complexity index is 971. The highest BCUT2D eigenvalue weighted by molar-refractivity contribution is 7.15. The molecular weight excluding hydrogens is 401 g/mol. The van der Waals surface area contributed by atoms with Gasteiger partial charge in [-0.3, -0.25) is 0 Å². The second-order valence-corrected chi connectivity index (χ2v) is 7.76. The van der Waals surface area contributed by atoms with Crippen LogP contribution in [-0.4, -0.2) is 14.2 Å². The Balaban J connectivity index is 2.05. The molecule has 3 aromatic carbocycles. The van der Waals surface area contributed by atoms with Crippen LogP contribution in [-0.2, 0) is 35.0 Å². The molecule has 0 heterocycles. The normalized spacial score (nSPS) is 11.1. The summed E-state index contributed by atoms with van der Waals surface area (Å²) in [5.74, 6) is -0.229. The van der Waals surface area contributed by atoms with E-state index in [1.54, 1.807) is 20.3 Å². The smallest absolute Gasteiger partial charge is 0.131 e. The van der Waals surface area contributed by atoms with E-state index in [-0.39, 0.29) is 5.82 Å². The zero-order valence-electron chi connectivity index (χ0n) is 16.9. The standard InChI is InChI=1S/C24H27FO2P2/c1-26-12-19-10-23(20(13-27-2)9-21(19)15-29)18-7-8-22(24(25)11-18)17-5-3-16(14-28)4-6-17/h3-11H,12-15,28-29H2,1-2H3. The molecular formula is C24H27FO2P2. The predicted molar refractivity (Wildman–Crippen MR) is 126 cm³/mol. The molecule has 0 aliphatic rings. The zero-order valence-corrected chi connectivity index (χ0v) is 19.2. The SMILES string of the molecule is COCc1cc(-c2ccc(-c3ccc(CP)cc3)c(F)c2)c(COC)cc1CP. The van der Waals surface area contributed by atoms with Gasteiger partial charge in [-0.2, -0.15) is 0 Å². The number of methoxy groups -OCH3 is 2. The van der Waals surface area contributed by atoms with Crippen molar-refractivity contribution in [1.82, 2.24) is 0 Å². The maximum absolute atomic E-state index is 15.1. The van der Waals surface area contributed by atoms with Crippen molar-refractivity contribution in [2.24, 2.45) is 0 Å². The summed E-state index contributed by atoms with van der Waals surface area (Å²) >= 11 is 0. The van der Waals surface area contributed by atoms with Gasteiger partial charge in [0.05, 0.1) is 13.2 Å². The number of hydrogen-bond acceptors (Lipinski definition) is 2. The third-order valence-corrected chi connectivity index (χ3v) is 5.94. The molecule has 0 aliphatic heterocycles. The fraction of sp³-hybridized carbons (Fsp3) is 0.250. The molecule has 0 aliphatic carbocycles. The van der Waals surface area contributed by atoms with Crippen LogP contribution in [0.5, 0.6) is 0 Å². The van der Waals surface area contributed by atoms with E-state index in [0.717, 1.165) is 40.1 Å². The summed E-state index contributed by atoms with van der Waals surface area (Å²) in [6.07, 6.45) is 1.72. The van der Waals surface area contributed by atoms with Crippen LogP contribution in [0.3, 0.4) is 0 Å². The van der Waals surface area contributed by atoms with E-state index in [1.807, 2.05) is 36.4 Å². The Morgan fingerprint density at radius 1 is 0.690 bits per heavy atom. The van der Waals surface area contributed by atoms with Crippen molar-refractivity contribution in [3.63, 3.8) is 0 Å². The van der Waals surface area contributed by atoms with Gasteiger partial charge in [-0.25, -0.2) is 4.39 Å². The Morgan fingerprint density at radius 2 is 1.34 bits per heavy atom. The number of rotatable bonds is 8. The monoisotopic (exact) mass is 428 g/mol. The third-order valence-electron chi connectivity index (χ3n) is 5.03. The molecule has 0 saturated carbocycles. The van der Waals surface area contributed by atoms with Gasteiger partial charge in [-0.1, -0.05) is 42.5 Å². The second-order valence-electron chi connectivity index (χ2n) is 6.94. The van der Waals surface area contributed by atoms with Gasteiger partial charge >= 0.3 is 0 Å². The summed E-state index contributed by atoms with van der Waals surface area (Å²) in [4.78, 5) is 0. The Kier molecular flexibility index (Phi) is 7.92. The average molecular weight is 428 g/mol. The molecule has 2 atom stereocenters. The van der Waals surface area contributed by atoms with Gasteiger partial charge < -0.3 is 9.47 Å². The molecule has 2 nitrogen and oxygen atoms in total. The minimum atomic E-state index is -0.229. The highest BCUT2D eigenvalue weighted by Gasteiger charge is 2.14. The van der Waals surface area contributed by atoms with Crippen LogP contribution in [0.2, 0.25) is 0 Å². The highest BCUT2D eigenvalue weighted by atomic mass is 31.0. The average Bonchev–Trinajstić information content (AvgIpc) is 2.75. The minimum absolute atomic E-state index is 0.229. The molecule has 0 bridgehead atoms. The maximum atomic E-state index is 15.1. The van der Waals surface area contributed by atoms with Crippen LogP contribution in [0.25, 0.3) is 22.3 Å². The molecule has 0 aromatic heterocycles. The van der Waals surface area contributed by atoms with Crippen molar-refractivity contribution in [2.75, 3.05) is 14.2 Å². The summed E-state index contributed by atoms with van der Waals surface area (Å²) in [6, 6.07) is 17.7. The van der Waals surface area contributed by atoms with Crippen LogP contribution in [0, 0.1) is 5.82 Å². The van der Waals surface area contributed by atoms with Crippen LogP contribution in [0.4, 0.5) is 4.39 Å². The van der Waals surface area contributed by atoms with Gasteiger partial charge in [-0.05, 0) is 63.4 Å². The minimum Gasteiger partial charge on any atom is -0.380 e. The van der Waals surface area contributed by atoms with Crippen LogP contribution >= 0.6 is 18.5 Å². The van der Waals surface area contributed by atoms with Gasteiger partial charge in [0.15, 0.2) is 0 Å². The highest BCUT2D eigenvalue weighted by Crippen LogP contribution is 2.33. The van der Waals surface area contributed by atoms with E-state index >= 15 is 4.39 Å². The molecule has 0 spiro atoms. The summed E-state index contributed by atoms with van der Waals surface area (Å²) in [6.45, 7) is 0.993. The maximum Gasteiger partial charge on any atom is 0.131 e.